The van der Waals surface area contributed by atoms with Crippen LogP contribution < -0.4 is 10.6 Å². The number of aryl methyl sites for hydroxylation is 1. The SMILES string of the molecule is Cn1nc(C(=O)NCCN2CCCCC2)cc1NC(=O)C1CCCCC1. The summed E-state index contributed by atoms with van der Waals surface area (Å²) in [6, 6.07) is 1.66. The molecule has 26 heavy (non-hydrogen) atoms. The van der Waals surface area contributed by atoms with Gasteiger partial charge in [-0.15, -0.1) is 0 Å². The van der Waals surface area contributed by atoms with E-state index in [4.69, 9.17) is 0 Å². The summed E-state index contributed by atoms with van der Waals surface area (Å²) in [5.74, 6) is 0.530. The normalized spacial score (nSPS) is 19.3. The van der Waals surface area contributed by atoms with Crippen LogP contribution >= 0.6 is 0 Å². The van der Waals surface area contributed by atoms with Crippen molar-refractivity contribution in [1.82, 2.24) is 20.0 Å². The Morgan fingerprint density at radius 2 is 1.81 bits per heavy atom. The van der Waals surface area contributed by atoms with E-state index in [1.54, 1.807) is 17.8 Å². The molecule has 1 saturated heterocycles. The first kappa shape index (κ1) is 18.9. The molecule has 144 valence electrons. The number of piperidine rings is 1. The predicted molar refractivity (Wildman–Crippen MR) is 101 cm³/mol. The summed E-state index contributed by atoms with van der Waals surface area (Å²) in [5, 5.41) is 10.1. The van der Waals surface area contributed by atoms with Gasteiger partial charge in [0.05, 0.1) is 0 Å². The van der Waals surface area contributed by atoms with Gasteiger partial charge in [0.15, 0.2) is 5.69 Å². The highest BCUT2D eigenvalue weighted by Gasteiger charge is 2.23. The highest BCUT2D eigenvalue weighted by Crippen LogP contribution is 2.25. The Bertz CT molecular complexity index is 615. The molecule has 0 bridgehead atoms. The summed E-state index contributed by atoms with van der Waals surface area (Å²) in [4.78, 5) is 27.1. The standard InChI is InChI=1S/C19H31N5O2/c1-23-17(21-18(25)15-8-4-2-5-9-15)14-16(22-23)19(26)20-10-13-24-11-6-3-7-12-24/h14-15H,2-13H2,1H3,(H,20,26)(H,21,25). The van der Waals surface area contributed by atoms with Crippen LogP contribution in [-0.4, -0.2) is 52.7 Å². The van der Waals surface area contributed by atoms with Crippen molar-refractivity contribution in [2.75, 3.05) is 31.5 Å². The van der Waals surface area contributed by atoms with Gasteiger partial charge in [0.2, 0.25) is 5.91 Å². The third-order valence-corrected chi connectivity index (χ3v) is 5.50. The molecular formula is C19H31N5O2. The van der Waals surface area contributed by atoms with Crippen LogP contribution in [0.2, 0.25) is 0 Å². The Kier molecular flexibility index (Phi) is 6.66. The molecule has 0 atom stereocenters. The van der Waals surface area contributed by atoms with Crippen molar-refractivity contribution < 1.29 is 9.59 Å². The fourth-order valence-electron chi connectivity index (χ4n) is 3.89. The zero-order valence-corrected chi connectivity index (χ0v) is 15.8. The van der Waals surface area contributed by atoms with Crippen LogP contribution in [0.5, 0.6) is 0 Å². The lowest BCUT2D eigenvalue weighted by molar-refractivity contribution is -0.120. The monoisotopic (exact) mass is 361 g/mol. The maximum atomic E-state index is 12.4. The Morgan fingerprint density at radius 1 is 1.12 bits per heavy atom. The minimum Gasteiger partial charge on any atom is -0.349 e. The molecule has 2 N–H and O–H groups in total. The van der Waals surface area contributed by atoms with Crippen LogP contribution in [0.25, 0.3) is 0 Å². The van der Waals surface area contributed by atoms with Gasteiger partial charge in [0.25, 0.3) is 5.91 Å². The molecule has 1 aliphatic heterocycles. The summed E-state index contributed by atoms with van der Waals surface area (Å²) < 4.78 is 1.57. The molecule has 2 fully saturated rings. The van der Waals surface area contributed by atoms with E-state index in [1.807, 2.05) is 0 Å². The van der Waals surface area contributed by atoms with E-state index in [9.17, 15) is 9.59 Å². The van der Waals surface area contributed by atoms with Crippen molar-refractivity contribution in [3.63, 3.8) is 0 Å². The highest BCUT2D eigenvalue weighted by atomic mass is 16.2. The largest absolute Gasteiger partial charge is 0.349 e. The fraction of sp³-hybridized carbons (Fsp3) is 0.737. The van der Waals surface area contributed by atoms with Gasteiger partial charge in [-0.25, -0.2) is 0 Å². The molecule has 7 heteroatoms. The number of rotatable bonds is 6. The summed E-state index contributed by atoms with van der Waals surface area (Å²) >= 11 is 0. The van der Waals surface area contributed by atoms with E-state index in [2.05, 4.69) is 20.6 Å². The number of amides is 2. The van der Waals surface area contributed by atoms with Gasteiger partial charge in [0, 0.05) is 32.1 Å². The number of hydrogen-bond acceptors (Lipinski definition) is 4. The molecule has 7 nitrogen and oxygen atoms in total. The summed E-state index contributed by atoms with van der Waals surface area (Å²) in [6.07, 6.45) is 9.17. The Hall–Kier alpha value is -1.89. The number of nitrogens with one attached hydrogen (secondary N) is 2. The number of hydrogen-bond donors (Lipinski definition) is 2. The van der Waals surface area contributed by atoms with Crippen LogP contribution in [-0.2, 0) is 11.8 Å². The van der Waals surface area contributed by atoms with Crippen LogP contribution in [0.15, 0.2) is 6.07 Å². The van der Waals surface area contributed by atoms with E-state index in [-0.39, 0.29) is 17.7 Å². The van der Waals surface area contributed by atoms with Gasteiger partial charge in [-0.2, -0.15) is 5.10 Å². The van der Waals surface area contributed by atoms with Crippen molar-refractivity contribution >= 4 is 17.6 Å². The molecule has 0 spiro atoms. The molecule has 1 aromatic heterocycles. The van der Waals surface area contributed by atoms with Crippen molar-refractivity contribution in [2.24, 2.45) is 13.0 Å². The van der Waals surface area contributed by atoms with Crippen LogP contribution in [0.4, 0.5) is 5.82 Å². The Morgan fingerprint density at radius 3 is 2.54 bits per heavy atom. The average molecular weight is 361 g/mol. The third-order valence-electron chi connectivity index (χ3n) is 5.50. The van der Waals surface area contributed by atoms with Gasteiger partial charge in [-0.3, -0.25) is 14.3 Å². The maximum absolute atomic E-state index is 12.4. The van der Waals surface area contributed by atoms with E-state index in [1.165, 1.54) is 25.7 Å². The number of aromatic nitrogens is 2. The molecule has 3 rings (SSSR count). The smallest absolute Gasteiger partial charge is 0.271 e. The van der Waals surface area contributed by atoms with Gasteiger partial charge in [0.1, 0.15) is 5.82 Å². The minimum absolute atomic E-state index is 0.0461. The van der Waals surface area contributed by atoms with Crippen LogP contribution in [0.3, 0.4) is 0 Å². The lowest BCUT2D eigenvalue weighted by atomic mass is 9.89. The van der Waals surface area contributed by atoms with E-state index >= 15 is 0 Å². The van der Waals surface area contributed by atoms with Gasteiger partial charge < -0.3 is 15.5 Å². The molecule has 2 amide bonds. The van der Waals surface area contributed by atoms with Crippen molar-refractivity contribution in [3.8, 4) is 0 Å². The van der Waals surface area contributed by atoms with Gasteiger partial charge >= 0.3 is 0 Å². The summed E-state index contributed by atoms with van der Waals surface area (Å²) in [6.45, 7) is 3.75. The lowest BCUT2D eigenvalue weighted by Gasteiger charge is -2.26. The number of carbonyl (C=O) groups excluding carboxylic acids is 2. The predicted octanol–water partition coefficient (Wildman–Crippen LogP) is 2.15. The highest BCUT2D eigenvalue weighted by molar-refractivity contribution is 5.96. The van der Waals surface area contributed by atoms with Crippen LogP contribution in [0, 0.1) is 5.92 Å². The number of anilines is 1. The molecular weight excluding hydrogens is 330 g/mol. The number of nitrogens with zero attached hydrogens (tertiary/aromatic N) is 3. The summed E-state index contributed by atoms with van der Waals surface area (Å²) in [7, 11) is 1.75. The van der Waals surface area contributed by atoms with Gasteiger partial charge in [-0.1, -0.05) is 25.7 Å². The second kappa shape index (κ2) is 9.16. The fourth-order valence-corrected chi connectivity index (χ4v) is 3.89. The minimum atomic E-state index is -0.184. The molecule has 0 aromatic carbocycles. The molecule has 1 aromatic rings. The number of likely N-dealkylation sites (tertiary alicyclic amines) is 1. The van der Waals surface area contributed by atoms with Gasteiger partial charge in [-0.05, 0) is 38.8 Å². The zero-order valence-electron chi connectivity index (χ0n) is 15.8. The first-order valence-electron chi connectivity index (χ1n) is 9.99. The molecule has 1 saturated carbocycles. The third kappa shape index (κ3) is 5.06. The van der Waals surface area contributed by atoms with Crippen molar-refractivity contribution in [1.29, 1.82) is 0 Å². The summed E-state index contributed by atoms with van der Waals surface area (Å²) in [5.41, 5.74) is 0.352. The van der Waals surface area contributed by atoms with Crippen molar-refractivity contribution in [3.05, 3.63) is 11.8 Å². The molecule has 0 unspecified atom stereocenters. The van der Waals surface area contributed by atoms with E-state index in [0.29, 0.717) is 18.1 Å². The zero-order chi connectivity index (χ0) is 18.4. The number of carbonyl (C=O) groups is 2. The van der Waals surface area contributed by atoms with E-state index < -0.39 is 0 Å². The second-order valence-corrected chi connectivity index (χ2v) is 7.52. The quantitative estimate of drug-likeness (QED) is 0.814. The molecule has 2 heterocycles. The first-order chi connectivity index (χ1) is 12.6. The molecule has 0 radical (unpaired) electrons. The Balaban J connectivity index is 1.48. The lowest BCUT2D eigenvalue weighted by Crippen LogP contribution is -2.37. The second-order valence-electron chi connectivity index (χ2n) is 7.52. The van der Waals surface area contributed by atoms with Crippen LogP contribution in [0.1, 0.15) is 61.9 Å². The van der Waals surface area contributed by atoms with E-state index in [0.717, 1.165) is 45.3 Å². The average Bonchev–Trinajstić information content (AvgIpc) is 3.04. The molecule has 1 aliphatic carbocycles. The first-order valence-corrected chi connectivity index (χ1v) is 9.99. The molecule has 2 aliphatic rings. The maximum Gasteiger partial charge on any atom is 0.271 e. The van der Waals surface area contributed by atoms with Crippen molar-refractivity contribution in [2.45, 2.75) is 51.4 Å². The topological polar surface area (TPSA) is 79.3 Å². The Labute approximate surface area is 155 Å².